The number of nitrogens with zero attached hydrogens (tertiary/aromatic N) is 2. The largest absolute Gasteiger partial charge is 0.495 e. The van der Waals surface area contributed by atoms with Gasteiger partial charge in [0.1, 0.15) is 5.75 Å². The highest BCUT2D eigenvalue weighted by molar-refractivity contribution is 6.02. The van der Waals surface area contributed by atoms with E-state index in [1.807, 2.05) is 30.5 Å². The highest BCUT2D eigenvalue weighted by atomic mass is 16.5. The van der Waals surface area contributed by atoms with E-state index in [2.05, 4.69) is 20.9 Å². The summed E-state index contributed by atoms with van der Waals surface area (Å²) in [6.07, 6.45) is 3.76. The molecule has 4 rings (SSSR count). The quantitative estimate of drug-likeness (QED) is 0.941. The number of hydrogen-bond acceptors (Lipinski definition) is 4. The Morgan fingerprint density at radius 3 is 2.71 bits per heavy atom. The summed E-state index contributed by atoms with van der Waals surface area (Å²) in [6.45, 7) is 3.66. The van der Waals surface area contributed by atoms with Crippen LogP contribution in [0.25, 0.3) is 0 Å². The second-order valence-electron chi connectivity index (χ2n) is 6.48. The van der Waals surface area contributed by atoms with Crippen LogP contribution in [0.15, 0.2) is 36.5 Å². The molecule has 1 aliphatic heterocycles. The van der Waals surface area contributed by atoms with Crippen molar-refractivity contribution < 1.29 is 9.53 Å². The first-order chi connectivity index (χ1) is 11.8. The fourth-order valence-electron chi connectivity index (χ4n) is 3.95. The Morgan fingerprint density at radius 1 is 1.12 bits per heavy atom. The van der Waals surface area contributed by atoms with E-state index in [4.69, 9.17) is 4.74 Å². The Morgan fingerprint density at radius 2 is 1.92 bits per heavy atom. The number of para-hydroxylation sites is 2. The van der Waals surface area contributed by atoms with E-state index in [1.165, 1.54) is 0 Å². The lowest BCUT2D eigenvalue weighted by Crippen LogP contribution is -2.53. The maximum Gasteiger partial charge on any atom is 0.181 e. The zero-order valence-electron chi connectivity index (χ0n) is 14.0. The lowest BCUT2D eigenvalue weighted by molar-refractivity contribution is 0.0777. The van der Waals surface area contributed by atoms with E-state index in [1.54, 1.807) is 7.11 Å². The van der Waals surface area contributed by atoms with Gasteiger partial charge in [0.15, 0.2) is 5.78 Å². The standard InChI is InChI=1S/C19H23N3O2/c1-24-18-5-3-2-4-16(18)21-10-12-22(13-11-21)17-7-6-15-14(19(17)23)8-9-20-15/h2-5,8-9,17,20H,6-7,10-13H2,1H3/t17-/m0/s1. The van der Waals surface area contributed by atoms with Crippen molar-refractivity contribution in [2.24, 2.45) is 0 Å². The number of Topliss-reactive ketones (excluding diaryl/α,β-unsaturated/α-hetero) is 1. The molecule has 2 aromatic rings. The Kier molecular flexibility index (Phi) is 4.02. The molecule has 0 saturated carbocycles. The summed E-state index contributed by atoms with van der Waals surface area (Å²) < 4.78 is 5.48. The van der Waals surface area contributed by atoms with E-state index in [0.717, 1.165) is 61.7 Å². The smallest absolute Gasteiger partial charge is 0.181 e. The van der Waals surface area contributed by atoms with Crippen LogP contribution in [0.1, 0.15) is 22.5 Å². The van der Waals surface area contributed by atoms with Crippen LogP contribution in [0.2, 0.25) is 0 Å². The molecular weight excluding hydrogens is 302 g/mol. The number of H-pyrrole nitrogens is 1. The number of fused-ring (bicyclic) bond motifs is 1. The number of carbonyl (C=O) groups is 1. The van der Waals surface area contributed by atoms with Crippen LogP contribution in [-0.2, 0) is 6.42 Å². The second-order valence-corrected chi connectivity index (χ2v) is 6.48. The lowest BCUT2D eigenvalue weighted by atomic mass is 9.90. The monoisotopic (exact) mass is 325 g/mol. The molecule has 1 atom stereocenters. The topological polar surface area (TPSA) is 48.6 Å². The van der Waals surface area contributed by atoms with Crippen LogP contribution >= 0.6 is 0 Å². The van der Waals surface area contributed by atoms with Crippen molar-refractivity contribution in [2.45, 2.75) is 18.9 Å². The van der Waals surface area contributed by atoms with Gasteiger partial charge in [-0.1, -0.05) is 12.1 Å². The molecule has 2 aliphatic rings. The maximum atomic E-state index is 12.7. The van der Waals surface area contributed by atoms with Gasteiger partial charge < -0.3 is 14.6 Å². The van der Waals surface area contributed by atoms with Gasteiger partial charge in [-0.05, 0) is 31.0 Å². The molecule has 5 nitrogen and oxygen atoms in total. The van der Waals surface area contributed by atoms with Gasteiger partial charge in [0.25, 0.3) is 0 Å². The number of ketones is 1. The van der Waals surface area contributed by atoms with E-state index >= 15 is 0 Å². The Balaban J connectivity index is 1.44. The van der Waals surface area contributed by atoms with Crippen LogP contribution in [0.5, 0.6) is 5.75 Å². The van der Waals surface area contributed by atoms with Crippen molar-refractivity contribution in [2.75, 3.05) is 38.2 Å². The number of aromatic amines is 1. The zero-order chi connectivity index (χ0) is 16.5. The Labute approximate surface area is 142 Å². The fourth-order valence-corrected chi connectivity index (χ4v) is 3.95. The molecule has 126 valence electrons. The number of methoxy groups -OCH3 is 1. The van der Waals surface area contributed by atoms with Crippen LogP contribution in [0.4, 0.5) is 5.69 Å². The number of aromatic nitrogens is 1. The summed E-state index contributed by atoms with van der Waals surface area (Å²) in [5.74, 6) is 1.19. The molecule has 0 radical (unpaired) electrons. The summed E-state index contributed by atoms with van der Waals surface area (Å²) >= 11 is 0. The molecule has 0 spiro atoms. The number of carbonyl (C=O) groups excluding carboxylic acids is 1. The van der Waals surface area contributed by atoms with Gasteiger partial charge in [-0.2, -0.15) is 0 Å². The van der Waals surface area contributed by atoms with Gasteiger partial charge in [-0.25, -0.2) is 0 Å². The van der Waals surface area contributed by atoms with E-state index in [-0.39, 0.29) is 11.8 Å². The normalized spacial score (nSPS) is 21.6. The number of nitrogens with one attached hydrogen (secondary N) is 1. The van der Waals surface area contributed by atoms with Crippen molar-refractivity contribution in [3.8, 4) is 5.75 Å². The average Bonchev–Trinajstić information content (AvgIpc) is 3.12. The number of benzene rings is 1. The molecule has 24 heavy (non-hydrogen) atoms. The first kappa shape index (κ1) is 15.3. The van der Waals surface area contributed by atoms with Crippen LogP contribution in [-0.4, -0.2) is 55.0 Å². The minimum atomic E-state index is 0.0353. The zero-order valence-corrected chi connectivity index (χ0v) is 14.0. The van der Waals surface area contributed by atoms with Gasteiger partial charge in [-0.15, -0.1) is 0 Å². The summed E-state index contributed by atoms with van der Waals surface area (Å²) in [7, 11) is 1.71. The van der Waals surface area contributed by atoms with Crippen molar-refractivity contribution in [1.82, 2.24) is 9.88 Å². The molecule has 0 bridgehead atoms. The third kappa shape index (κ3) is 2.59. The van der Waals surface area contributed by atoms with Gasteiger partial charge >= 0.3 is 0 Å². The molecule has 5 heteroatoms. The summed E-state index contributed by atoms with van der Waals surface area (Å²) in [5.41, 5.74) is 3.13. The first-order valence-electron chi connectivity index (χ1n) is 8.60. The minimum absolute atomic E-state index is 0.0353. The van der Waals surface area contributed by atoms with Crippen LogP contribution in [0, 0.1) is 0 Å². The van der Waals surface area contributed by atoms with Crippen LogP contribution in [0.3, 0.4) is 0 Å². The van der Waals surface area contributed by atoms with Gasteiger partial charge in [-0.3, -0.25) is 9.69 Å². The molecule has 1 N–H and O–H groups in total. The minimum Gasteiger partial charge on any atom is -0.495 e. The third-order valence-electron chi connectivity index (χ3n) is 5.25. The number of anilines is 1. The van der Waals surface area contributed by atoms with Crippen molar-refractivity contribution in [3.05, 3.63) is 47.8 Å². The number of rotatable bonds is 3. The average molecular weight is 325 g/mol. The van der Waals surface area contributed by atoms with Crippen LogP contribution < -0.4 is 9.64 Å². The summed E-state index contributed by atoms with van der Waals surface area (Å²) in [5, 5.41) is 0. The fraction of sp³-hybridized carbons (Fsp3) is 0.421. The highest BCUT2D eigenvalue weighted by Crippen LogP contribution is 2.30. The van der Waals surface area contributed by atoms with Gasteiger partial charge in [0.2, 0.25) is 0 Å². The first-order valence-corrected chi connectivity index (χ1v) is 8.60. The van der Waals surface area contributed by atoms with E-state index in [9.17, 15) is 4.79 Å². The molecule has 1 aromatic carbocycles. The molecular formula is C19H23N3O2. The summed E-state index contributed by atoms with van der Waals surface area (Å²) in [6, 6.07) is 10.1. The van der Waals surface area contributed by atoms with Crippen molar-refractivity contribution in [3.63, 3.8) is 0 Å². The summed E-state index contributed by atoms with van der Waals surface area (Å²) in [4.78, 5) is 20.6. The molecule has 1 aromatic heterocycles. The number of ether oxygens (including phenoxy) is 1. The molecule has 2 heterocycles. The van der Waals surface area contributed by atoms with E-state index < -0.39 is 0 Å². The SMILES string of the molecule is COc1ccccc1N1CCN([C@H]2CCc3[nH]ccc3C2=O)CC1. The number of aryl methyl sites for hydroxylation is 1. The predicted octanol–water partition coefficient (Wildman–Crippen LogP) is 2.34. The second kappa shape index (κ2) is 6.32. The lowest BCUT2D eigenvalue weighted by Gasteiger charge is -2.40. The molecule has 1 aliphatic carbocycles. The Hall–Kier alpha value is -2.27. The molecule has 0 amide bonds. The number of hydrogen-bond donors (Lipinski definition) is 1. The molecule has 0 unspecified atom stereocenters. The van der Waals surface area contributed by atoms with Crippen molar-refractivity contribution >= 4 is 11.5 Å². The van der Waals surface area contributed by atoms with Gasteiger partial charge in [0, 0.05) is 43.6 Å². The van der Waals surface area contributed by atoms with Crippen molar-refractivity contribution in [1.29, 1.82) is 0 Å². The number of piperazine rings is 1. The molecule has 1 fully saturated rings. The van der Waals surface area contributed by atoms with Gasteiger partial charge in [0.05, 0.1) is 18.8 Å². The highest BCUT2D eigenvalue weighted by Gasteiger charge is 2.34. The third-order valence-corrected chi connectivity index (χ3v) is 5.25. The molecule has 1 saturated heterocycles. The maximum absolute atomic E-state index is 12.7. The Bertz CT molecular complexity index is 732. The van der Waals surface area contributed by atoms with E-state index in [0.29, 0.717) is 0 Å². The predicted molar refractivity (Wildman–Crippen MR) is 94.0 cm³/mol.